The molecule has 1 saturated heterocycles. The largest absolute Gasteiger partial charge is 0.481 e. The molecular formula is C12H21NO4S. The van der Waals surface area contributed by atoms with Crippen LogP contribution in [0.1, 0.15) is 33.6 Å². The zero-order valence-corrected chi connectivity index (χ0v) is 12.0. The lowest BCUT2D eigenvalue weighted by atomic mass is 10.1. The predicted octanol–water partition coefficient (Wildman–Crippen LogP) is 2.20. The number of ether oxygens (including phenoxy) is 1. The molecule has 1 heterocycles. The van der Waals surface area contributed by atoms with Crippen LogP contribution in [0.3, 0.4) is 0 Å². The molecule has 1 aliphatic heterocycles. The molecule has 1 unspecified atom stereocenters. The van der Waals surface area contributed by atoms with Crippen molar-refractivity contribution < 1.29 is 19.4 Å². The first-order valence-corrected chi connectivity index (χ1v) is 7.14. The summed E-state index contributed by atoms with van der Waals surface area (Å²) in [4.78, 5) is 24.1. The van der Waals surface area contributed by atoms with Gasteiger partial charge in [0.2, 0.25) is 0 Å². The van der Waals surface area contributed by atoms with E-state index in [0.717, 1.165) is 12.8 Å². The first-order valence-electron chi connectivity index (χ1n) is 6.09. The van der Waals surface area contributed by atoms with Crippen molar-refractivity contribution in [2.45, 2.75) is 44.5 Å². The molecule has 0 saturated carbocycles. The Morgan fingerprint density at radius 2 is 2.11 bits per heavy atom. The van der Waals surface area contributed by atoms with Crippen LogP contribution in [0.2, 0.25) is 0 Å². The van der Waals surface area contributed by atoms with Crippen LogP contribution in [0, 0.1) is 0 Å². The number of amides is 1. The van der Waals surface area contributed by atoms with Gasteiger partial charge >= 0.3 is 12.1 Å². The van der Waals surface area contributed by atoms with E-state index in [0.29, 0.717) is 13.1 Å². The number of carboxylic acid groups (broad SMARTS) is 1. The maximum absolute atomic E-state index is 11.9. The van der Waals surface area contributed by atoms with Gasteiger partial charge in [-0.1, -0.05) is 0 Å². The molecule has 0 aromatic rings. The average Bonchev–Trinajstić information content (AvgIpc) is 2.24. The van der Waals surface area contributed by atoms with Crippen LogP contribution in [-0.4, -0.2) is 51.8 Å². The summed E-state index contributed by atoms with van der Waals surface area (Å²) < 4.78 is 5.31. The van der Waals surface area contributed by atoms with E-state index in [9.17, 15) is 9.59 Å². The maximum atomic E-state index is 11.9. The molecule has 0 spiro atoms. The third-order valence-corrected chi connectivity index (χ3v) is 3.74. The Bertz CT molecular complexity index is 314. The van der Waals surface area contributed by atoms with Crippen LogP contribution in [0.4, 0.5) is 4.79 Å². The van der Waals surface area contributed by atoms with Crippen LogP contribution in [-0.2, 0) is 9.53 Å². The zero-order valence-electron chi connectivity index (χ0n) is 11.1. The van der Waals surface area contributed by atoms with Gasteiger partial charge in [-0.15, -0.1) is 11.8 Å². The molecule has 104 valence electrons. The van der Waals surface area contributed by atoms with Crippen LogP contribution in [0.5, 0.6) is 0 Å². The predicted molar refractivity (Wildman–Crippen MR) is 70.9 cm³/mol. The minimum absolute atomic E-state index is 0.0901. The monoisotopic (exact) mass is 275 g/mol. The smallest absolute Gasteiger partial charge is 0.410 e. The molecule has 6 heteroatoms. The lowest BCUT2D eigenvalue weighted by Gasteiger charge is -2.33. The van der Waals surface area contributed by atoms with E-state index in [1.54, 1.807) is 4.90 Å². The summed E-state index contributed by atoms with van der Waals surface area (Å²) in [6.45, 7) is 6.79. The van der Waals surface area contributed by atoms with Crippen LogP contribution in [0.15, 0.2) is 0 Å². The SMILES string of the molecule is CC(C)(C)OC(=O)N1CCCC(SCC(=O)O)C1. The van der Waals surface area contributed by atoms with Crippen molar-refractivity contribution in [3.63, 3.8) is 0 Å². The molecular weight excluding hydrogens is 254 g/mol. The number of carboxylic acids is 1. The number of nitrogens with zero attached hydrogens (tertiary/aromatic N) is 1. The fraction of sp³-hybridized carbons (Fsp3) is 0.833. The first kappa shape index (κ1) is 15.1. The minimum atomic E-state index is -0.811. The topological polar surface area (TPSA) is 66.8 Å². The van der Waals surface area contributed by atoms with Gasteiger partial charge in [-0.2, -0.15) is 0 Å². The molecule has 1 aliphatic rings. The van der Waals surface area contributed by atoms with Crippen molar-refractivity contribution in [3.05, 3.63) is 0 Å². The van der Waals surface area contributed by atoms with Gasteiger partial charge in [-0.05, 0) is 33.6 Å². The number of piperidine rings is 1. The third-order valence-electron chi connectivity index (χ3n) is 2.47. The lowest BCUT2D eigenvalue weighted by Crippen LogP contribution is -2.44. The van der Waals surface area contributed by atoms with Gasteiger partial charge in [0.15, 0.2) is 0 Å². The van der Waals surface area contributed by atoms with Crippen molar-refractivity contribution in [1.82, 2.24) is 4.90 Å². The fourth-order valence-corrected chi connectivity index (χ4v) is 2.75. The van der Waals surface area contributed by atoms with Crippen molar-refractivity contribution in [2.75, 3.05) is 18.8 Å². The van der Waals surface area contributed by atoms with E-state index in [4.69, 9.17) is 9.84 Å². The summed E-state index contributed by atoms with van der Waals surface area (Å²) in [6, 6.07) is 0. The number of rotatable bonds is 3. The Morgan fingerprint density at radius 3 is 2.67 bits per heavy atom. The highest BCUT2D eigenvalue weighted by Gasteiger charge is 2.27. The van der Waals surface area contributed by atoms with Gasteiger partial charge in [-0.3, -0.25) is 4.79 Å². The third kappa shape index (κ3) is 5.62. The Kier molecular flexibility index (Phi) is 5.31. The molecule has 0 aromatic carbocycles. The number of carbonyl (C=O) groups excluding carboxylic acids is 1. The zero-order chi connectivity index (χ0) is 13.8. The van der Waals surface area contributed by atoms with E-state index in [1.165, 1.54) is 11.8 Å². The van der Waals surface area contributed by atoms with Crippen molar-refractivity contribution >= 4 is 23.8 Å². The summed E-state index contributed by atoms with van der Waals surface area (Å²) in [5, 5.41) is 8.84. The van der Waals surface area contributed by atoms with Gasteiger partial charge in [0.05, 0.1) is 5.75 Å². The van der Waals surface area contributed by atoms with E-state index in [1.807, 2.05) is 20.8 Å². The van der Waals surface area contributed by atoms with Gasteiger partial charge in [0, 0.05) is 18.3 Å². The number of carbonyl (C=O) groups is 2. The van der Waals surface area contributed by atoms with Gasteiger partial charge in [-0.25, -0.2) is 4.79 Å². The first-order chi connectivity index (χ1) is 8.28. The molecule has 1 amide bonds. The van der Waals surface area contributed by atoms with E-state index in [2.05, 4.69) is 0 Å². The number of hydrogen-bond donors (Lipinski definition) is 1. The summed E-state index contributed by atoms with van der Waals surface area (Å²) >= 11 is 1.40. The Hall–Kier alpha value is -0.910. The van der Waals surface area contributed by atoms with Crippen molar-refractivity contribution in [2.24, 2.45) is 0 Å². The molecule has 1 atom stereocenters. The lowest BCUT2D eigenvalue weighted by molar-refractivity contribution is -0.133. The van der Waals surface area contributed by atoms with Gasteiger partial charge in [0.1, 0.15) is 5.60 Å². The second-order valence-electron chi connectivity index (χ2n) is 5.40. The highest BCUT2D eigenvalue weighted by Crippen LogP contribution is 2.23. The standard InChI is InChI=1S/C12H21NO4S/c1-12(2,3)17-11(16)13-6-4-5-9(7-13)18-8-10(14)15/h9H,4-8H2,1-3H3,(H,14,15). The second kappa shape index (κ2) is 6.31. The molecule has 18 heavy (non-hydrogen) atoms. The number of likely N-dealkylation sites (tertiary alicyclic amines) is 1. The molecule has 0 aliphatic carbocycles. The average molecular weight is 275 g/mol. The minimum Gasteiger partial charge on any atom is -0.481 e. The van der Waals surface area contributed by atoms with Gasteiger partial charge < -0.3 is 14.7 Å². The number of thioether (sulfide) groups is 1. The van der Waals surface area contributed by atoms with E-state index < -0.39 is 11.6 Å². The highest BCUT2D eigenvalue weighted by atomic mass is 32.2. The van der Waals surface area contributed by atoms with Crippen LogP contribution < -0.4 is 0 Å². The van der Waals surface area contributed by atoms with Crippen molar-refractivity contribution in [1.29, 1.82) is 0 Å². The Labute approximate surface area is 112 Å². The molecule has 0 radical (unpaired) electrons. The Balaban J connectivity index is 2.43. The van der Waals surface area contributed by atoms with E-state index in [-0.39, 0.29) is 17.1 Å². The Morgan fingerprint density at radius 1 is 1.44 bits per heavy atom. The number of aliphatic carboxylic acids is 1. The van der Waals surface area contributed by atoms with E-state index >= 15 is 0 Å². The molecule has 0 aromatic heterocycles. The summed E-state index contributed by atoms with van der Waals surface area (Å²) in [5.74, 6) is -0.721. The molecule has 1 fully saturated rings. The summed E-state index contributed by atoms with van der Waals surface area (Å²) in [6.07, 6.45) is 1.55. The van der Waals surface area contributed by atoms with Gasteiger partial charge in [0.25, 0.3) is 0 Å². The second-order valence-corrected chi connectivity index (χ2v) is 6.68. The summed E-state index contributed by atoms with van der Waals surface area (Å²) in [5.41, 5.74) is -0.488. The summed E-state index contributed by atoms with van der Waals surface area (Å²) in [7, 11) is 0. The molecule has 1 N–H and O–H groups in total. The maximum Gasteiger partial charge on any atom is 0.410 e. The van der Waals surface area contributed by atoms with Crippen molar-refractivity contribution in [3.8, 4) is 0 Å². The normalized spacial score (nSPS) is 20.6. The molecule has 1 rings (SSSR count). The quantitative estimate of drug-likeness (QED) is 0.855. The molecule has 0 bridgehead atoms. The fourth-order valence-electron chi connectivity index (χ4n) is 1.76. The molecule has 5 nitrogen and oxygen atoms in total. The van der Waals surface area contributed by atoms with Crippen LogP contribution in [0.25, 0.3) is 0 Å². The number of hydrogen-bond acceptors (Lipinski definition) is 4. The highest BCUT2D eigenvalue weighted by molar-refractivity contribution is 8.00. The van der Waals surface area contributed by atoms with Crippen LogP contribution >= 0.6 is 11.8 Å².